The quantitative estimate of drug-likeness (QED) is 0.552. The molecule has 0 aliphatic heterocycles. The number of sulfonamides is 1. The summed E-state index contributed by atoms with van der Waals surface area (Å²) in [6.45, 7) is 5.21. The van der Waals surface area contributed by atoms with Crippen molar-refractivity contribution in [2.75, 3.05) is 11.0 Å². The molecule has 146 valence electrons. The van der Waals surface area contributed by atoms with Gasteiger partial charge in [-0.25, -0.2) is 8.42 Å². The van der Waals surface area contributed by atoms with Crippen molar-refractivity contribution in [1.82, 2.24) is 4.57 Å². The van der Waals surface area contributed by atoms with Crippen LogP contribution in [-0.2, 0) is 16.6 Å². The van der Waals surface area contributed by atoms with Crippen molar-refractivity contribution in [3.63, 3.8) is 0 Å². The second-order valence-electron chi connectivity index (χ2n) is 7.32. The predicted molar refractivity (Wildman–Crippen MR) is 118 cm³/mol. The molecule has 28 heavy (non-hydrogen) atoms. The average molecular weight is 415 g/mol. The molecule has 1 aromatic heterocycles. The Bertz CT molecular complexity index is 1150. The molecule has 0 unspecified atom stereocenters. The van der Waals surface area contributed by atoms with Crippen LogP contribution in [0, 0.1) is 18.3 Å². The number of benzene rings is 2. The van der Waals surface area contributed by atoms with Crippen LogP contribution in [-0.4, -0.2) is 19.2 Å². The van der Waals surface area contributed by atoms with Crippen LogP contribution in [0.4, 0.5) is 5.69 Å². The van der Waals surface area contributed by atoms with Crippen LogP contribution in [0.15, 0.2) is 42.5 Å². The van der Waals surface area contributed by atoms with Gasteiger partial charge in [0.2, 0.25) is 10.0 Å². The summed E-state index contributed by atoms with van der Waals surface area (Å²) in [7, 11) is -3.32. The summed E-state index contributed by atoms with van der Waals surface area (Å²) < 4.78 is 27.6. The van der Waals surface area contributed by atoms with Gasteiger partial charge in [-0.2, -0.15) is 0 Å². The van der Waals surface area contributed by atoms with Crippen molar-refractivity contribution in [3.8, 4) is 23.6 Å². The Morgan fingerprint density at radius 3 is 2.43 bits per heavy atom. The average Bonchev–Trinajstić information content (AvgIpc) is 2.91. The number of fused-ring (bicyclic) bond motifs is 1. The van der Waals surface area contributed by atoms with Gasteiger partial charge in [0.1, 0.15) is 0 Å². The Hall–Kier alpha value is -2.42. The first-order valence-electron chi connectivity index (χ1n) is 9.06. The third-order valence-corrected chi connectivity index (χ3v) is 5.40. The van der Waals surface area contributed by atoms with Gasteiger partial charge in [-0.05, 0) is 48.2 Å². The largest absolute Gasteiger partial charge is 0.339 e. The van der Waals surface area contributed by atoms with Gasteiger partial charge in [0.05, 0.1) is 17.5 Å². The standard InChI is InChI=1S/C22H23ClN2O2S/c1-5-19-20-14-17(23)8-11-21(20)25(13-12-15(2)3)22(19)16-6-9-18(10-7-16)24-28(4,26)27/h1,6-11,14-15,24H,12-13H2,2-4H3. The summed E-state index contributed by atoms with van der Waals surface area (Å²) in [6.07, 6.45) is 8.03. The fourth-order valence-corrected chi connectivity index (χ4v) is 4.04. The monoisotopic (exact) mass is 414 g/mol. The van der Waals surface area contributed by atoms with Crippen molar-refractivity contribution in [1.29, 1.82) is 0 Å². The highest BCUT2D eigenvalue weighted by molar-refractivity contribution is 7.92. The fraction of sp³-hybridized carbons (Fsp3) is 0.273. The van der Waals surface area contributed by atoms with E-state index in [-0.39, 0.29) is 0 Å². The molecule has 1 heterocycles. The van der Waals surface area contributed by atoms with E-state index in [1.165, 1.54) is 0 Å². The van der Waals surface area contributed by atoms with E-state index < -0.39 is 10.0 Å². The number of halogens is 1. The van der Waals surface area contributed by atoms with Gasteiger partial charge >= 0.3 is 0 Å². The zero-order valence-electron chi connectivity index (χ0n) is 16.2. The molecule has 3 rings (SSSR count). The summed E-state index contributed by atoms with van der Waals surface area (Å²) in [5, 5.41) is 1.59. The van der Waals surface area contributed by atoms with Gasteiger partial charge in [-0.15, -0.1) is 6.42 Å². The number of nitrogens with zero attached hydrogens (tertiary/aromatic N) is 1. The second kappa shape index (κ2) is 7.90. The molecular formula is C22H23ClN2O2S. The smallest absolute Gasteiger partial charge is 0.229 e. The van der Waals surface area contributed by atoms with Crippen LogP contribution in [0.3, 0.4) is 0 Å². The number of aromatic nitrogens is 1. The molecule has 0 bridgehead atoms. The third-order valence-electron chi connectivity index (χ3n) is 4.56. The molecule has 0 atom stereocenters. The second-order valence-corrected chi connectivity index (χ2v) is 9.50. The molecule has 0 aliphatic rings. The number of hydrogen-bond acceptors (Lipinski definition) is 2. The molecule has 0 amide bonds. The van der Waals surface area contributed by atoms with Crippen molar-refractivity contribution >= 4 is 38.2 Å². The summed E-state index contributed by atoms with van der Waals surface area (Å²) in [5.41, 5.74) is 4.24. The van der Waals surface area contributed by atoms with E-state index in [2.05, 4.69) is 29.1 Å². The first-order chi connectivity index (χ1) is 13.2. The highest BCUT2D eigenvalue weighted by atomic mass is 35.5. The Kier molecular flexibility index (Phi) is 5.74. The Labute approximate surface area is 171 Å². The highest BCUT2D eigenvalue weighted by Gasteiger charge is 2.18. The van der Waals surface area contributed by atoms with Crippen molar-refractivity contribution < 1.29 is 8.42 Å². The van der Waals surface area contributed by atoms with Gasteiger partial charge in [-0.3, -0.25) is 4.72 Å². The normalized spacial score (nSPS) is 11.7. The van der Waals surface area contributed by atoms with Crippen LogP contribution in [0.25, 0.3) is 22.2 Å². The molecular weight excluding hydrogens is 392 g/mol. The van der Waals surface area contributed by atoms with Crippen molar-refractivity contribution in [2.24, 2.45) is 5.92 Å². The lowest BCUT2D eigenvalue weighted by atomic mass is 10.1. The molecule has 1 N–H and O–H groups in total. The number of hydrogen-bond donors (Lipinski definition) is 1. The fourth-order valence-electron chi connectivity index (χ4n) is 3.30. The summed E-state index contributed by atoms with van der Waals surface area (Å²) >= 11 is 6.22. The molecule has 2 aromatic carbocycles. The molecule has 0 saturated carbocycles. The van der Waals surface area contributed by atoms with E-state index in [0.29, 0.717) is 16.6 Å². The van der Waals surface area contributed by atoms with Crippen LogP contribution in [0.5, 0.6) is 0 Å². The Morgan fingerprint density at radius 1 is 1.18 bits per heavy atom. The van der Waals surface area contributed by atoms with Gasteiger partial charge in [-0.1, -0.05) is 43.5 Å². The minimum absolute atomic E-state index is 0.515. The lowest BCUT2D eigenvalue weighted by molar-refractivity contribution is 0.526. The summed E-state index contributed by atoms with van der Waals surface area (Å²) in [4.78, 5) is 0. The Balaban J connectivity index is 2.18. The molecule has 6 heteroatoms. The van der Waals surface area contributed by atoms with E-state index in [0.717, 1.165) is 46.9 Å². The van der Waals surface area contributed by atoms with E-state index in [9.17, 15) is 8.42 Å². The number of terminal acetylenes is 1. The molecule has 0 saturated heterocycles. The minimum atomic E-state index is -3.32. The number of nitrogens with one attached hydrogen (secondary N) is 1. The maximum absolute atomic E-state index is 11.5. The van der Waals surface area contributed by atoms with Crippen molar-refractivity contribution in [3.05, 3.63) is 53.1 Å². The Morgan fingerprint density at radius 2 is 1.86 bits per heavy atom. The molecule has 4 nitrogen and oxygen atoms in total. The maximum Gasteiger partial charge on any atom is 0.229 e. The third kappa shape index (κ3) is 4.35. The predicted octanol–water partition coefficient (Wildman–Crippen LogP) is 5.36. The zero-order valence-corrected chi connectivity index (χ0v) is 17.7. The highest BCUT2D eigenvalue weighted by Crippen LogP contribution is 2.35. The number of rotatable bonds is 6. The molecule has 0 aliphatic carbocycles. The first kappa shape index (κ1) is 20.3. The van der Waals surface area contributed by atoms with E-state index >= 15 is 0 Å². The van der Waals surface area contributed by atoms with Gasteiger partial charge in [0.15, 0.2) is 0 Å². The number of aryl methyl sites for hydroxylation is 1. The molecule has 0 spiro atoms. The molecule has 0 radical (unpaired) electrons. The summed E-state index contributed by atoms with van der Waals surface area (Å²) in [6, 6.07) is 13.0. The molecule has 0 fully saturated rings. The van der Waals surface area contributed by atoms with Gasteiger partial charge < -0.3 is 4.57 Å². The van der Waals surface area contributed by atoms with E-state index in [4.69, 9.17) is 18.0 Å². The molecule has 3 aromatic rings. The van der Waals surface area contributed by atoms with E-state index in [1.807, 2.05) is 30.3 Å². The SMILES string of the molecule is C#Cc1c(-c2ccc(NS(C)(=O)=O)cc2)n(CCC(C)C)c2ccc(Cl)cc12. The van der Waals surface area contributed by atoms with E-state index in [1.54, 1.807) is 12.1 Å². The van der Waals surface area contributed by atoms with Gasteiger partial charge in [0, 0.05) is 28.2 Å². The van der Waals surface area contributed by atoms with Crippen LogP contribution < -0.4 is 4.72 Å². The zero-order chi connectivity index (χ0) is 20.5. The van der Waals surface area contributed by atoms with Crippen LogP contribution in [0.2, 0.25) is 5.02 Å². The maximum atomic E-state index is 11.5. The first-order valence-corrected chi connectivity index (χ1v) is 11.3. The minimum Gasteiger partial charge on any atom is -0.339 e. The topological polar surface area (TPSA) is 51.1 Å². The number of anilines is 1. The van der Waals surface area contributed by atoms with Crippen LogP contribution >= 0.6 is 11.6 Å². The van der Waals surface area contributed by atoms with Gasteiger partial charge in [0.25, 0.3) is 0 Å². The van der Waals surface area contributed by atoms with Crippen molar-refractivity contribution in [2.45, 2.75) is 26.8 Å². The lowest BCUT2D eigenvalue weighted by Crippen LogP contribution is -2.09. The van der Waals surface area contributed by atoms with Crippen LogP contribution in [0.1, 0.15) is 25.8 Å². The lowest BCUT2D eigenvalue weighted by Gasteiger charge is -2.14. The summed E-state index contributed by atoms with van der Waals surface area (Å²) in [5.74, 6) is 3.38.